The van der Waals surface area contributed by atoms with E-state index in [-0.39, 0.29) is 23.4 Å². The first-order valence-electron chi connectivity index (χ1n) is 4.92. The number of rotatable bonds is 3. The van der Waals surface area contributed by atoms with E-state index in [1.54, 1.807) is 25.9 Å². The van der Waals surface area contributed by atoms with Gasteiger partial charge < -0.3 is 9.64 Å². The first-order valence-corrected chi connectivity index (χ1v) is 4.92. The Balaban J connectivity index is 3.27. The van der Waals surface area contributed by atoms with Crippen LogP contribution in [0.4, 0.5) is 5.95 Å². The average molecular weight is 225 g/mol. The van der Waals surface area contributed by atoms with E-state index in [0.29, 0.717) is 5.95 Å². The smallest absolute Gasteiger partial charge is 0.357 e. The number of hydrogen-bond acceptors (Lipinski definition) is 5. The third-order valence-electron chi connectivity index (χ3n) is 2.03. The lowest BCUT2D eigenvalue weighted by atomic mass is 10.2. The number of nitrogens with one attached hydrogen (secondary N) is 1. The second-order valence-corrected chi connectivity index (χ2v) is 3.48. The monoisotopic (exact) mass is 225 g/mol. The first-order chi connectivity index (χ1) is 7.47. The van der Waals surface area contributed by atoms with Gasteiger partial charge in [0.1, 0.15) is 0 Å². The number of carbonyl (C=O) groups is 1. The van der Waals surface area contributed by atoms with E-state index in [1.165, 1.54) is 6.92 Å². The predicted molar refractivity (Wildman–Crippen MR) is 59.9 cm³/mol. The summed E-state index contributed by atoms with van der Waals surface area (Å²) in [6.45, 7) is 3.49. The minimum Gasteiger partial charge on any atom is -0.461 e. The standard InChI is InChI=1S/C10H15N3O3/c1-5-16-9(15)7-6(2)8(14)12-10(11-7)13(3)4/h5H2,1-4H3,(H,11,12,14). The summed E-state index contributed by atoms with van der Waals surface area (Å²) in [6, 6.07) is 0. The minimum atomic E-state index is -0.575. The maximum Gasteiger partial charge on any atom is 0.357 e. The van der Waals surface area contributed by atoms with E-state index < -0.39 is 5.97 Å². The molecule has 6 heteroatoms. The number of H-pyrrole nitrogens is 1. The van der Waals surface area contributed by atoms with E-state index >= 15 is 0 Å². The largest absolute Gasteiger partial charge is 0.461 e. The molecule has 1 N–H and O–H groups in total. The molecule has 0 aromatic carbocycles. The number of nitrogens with zero attached hydrogens (tertiary/aromatic N) is 2. The molecule has 1 rings (SSSR count). The molecule has 0 aliphatic carbocycles. The van der Waals surface area contributed by atoms with Crippen molar-refractivity contribution in [1.29, 1.82) is 0 Å². The Morgan fingerprint density at radius 2 is 2.12 bits per heavy atom. The molecule has 0 radical (unpaired) electrons. The highest BCUT2D eigenvalue weighted by Crippen LogP contribution is 2.06. The van der Waals surface area contributed by atoms with Crippen molar-refractivity contribution >= 4 is 11.9 Å². The van der Waals surface area contributed by atoms with Gasteiger partial charge in [0.05, 0.1) is 6.61 Å². The van der Waals surface area contributed by atoms with Crippen LogP contribution in [-0.4, -0.2) is 36.6 Å². The molecule has 1 aromatic heterocycles. The van der Waals surface area contributed by atoms with Gasteiger partial charge in [-0.15, -0.1) is 0 Å². The summed E-state index contributed by atoms with van der Waals surface area (Å²) < 4.78 is 4.83. The highest BCUT2D eigenvalue weighted by Gasteiger charge is 2.16. The summed E-state index contributed by atoms with van der Waals surface area (Å²) in [7, 11) is 3.45. The molecule has 0 saturated heterocycles. The lowest BCUT2D eigenvalue weighted by molar-refractivity contribution is 0.0518. The van der Waals surface area contributed by atoms with Crippen molar-refractivity contribution in [1.82, 2.24) is 9.97 Å². The SMILES string of the molecule is CCOC(=O)c1nc(N(C)C)[nH]c(=O)c1C. The summed E-state index contributed by atoms with van der Waals surface area (Å²) >= 11 is 0. The van der Waals surface area contributed by atoms with Gasteiger partial charge in [0.2, 0.25) is 5.95 Å². The molecule has 0 unspecified atom stereocenters. The van der Waals surface area contributed by atoms with Crippen LogP contribution in [0.2, 0.25) is 0 Å². The quantitative estimate of drug-likeness (QED) is 0.750. The zero-order valence-corrected chi connectivity index (χ0v) is 9.83. The molecular weight excluding hydrogens is 210 g/mol. The van der Waals surface area contributed by atoms with Crippen molar-refractivity contribution in [2.24, 2.45) is 0 Å². The predicted octanol–water partition coefficient (Wildman–Crippen LogP) is 0.321. The molecule has 0 aliphatic heterocycles. The van der Waals surface area contributed by atoms with Gasteiger partial charge in [-0.2, -0.15) is 0 Å². The highest BCUT2D eigenvalue weighted by atomic mass is 16.5. The third kappa shape index (κ3) is 2.39. The highest BCUT2D eigenvalue weighted by molar-refractivity contribution is 5.89. The fourth-order valence-corrected chi connectivity index (χ4v) is 1.13. The number of ether oxygens (including phenoxy) is 1. The summed E-state index contributed by atoms with van der Waals surface area (Å²) in [4.78, 5) is 31.3. The fraction of sp³-hybridized carbons (Fsp3) is 0.500. The number of aromatic nitrogens is 2. The number of esters is 1. The molecule has 1 heterocycles. The van der Waals surface area contributed by atoms with Crippen LogP contribution in [-0.2, 0) is 4.74 Å². The average Bonchev–Trinajstić information content (AvgIpc) is 2.21. The number of hydrogen-bond donors (Lipinski definition) is 1. The van der Waals surface area contributed by atoms with Crippen molar-refractivity contribution in [3.05, 3.63) is 21.6 Å². The van der Waals surface area contributed by atoms with E-state index in [1.807, 2.05) is 0 Å². The Bertz CT molecular complexity index is 451. The van der Waals surface area contributed by atoms with Crippen molar-refractivity contribution in [3.63, 3.8) is 0 Å². The van der Waals surface area contributed by atoms with Crippen molar-refractivity contribution < 1.29 is 9.53 Å². The van der Waals surface area contributed by atoms with Crippen LogP contribution in [0.1, 0.15) is 23.0 Å². The molecule has 0 saturated carbocycles. The van der Waals surface area contributed by atoms with Crippen LogP contribution in [0.5, 0.6) is 0 Å². The molecule has 1 aromatic rings. The molecule has 0 aliphatic rings. The third-order valence-corrected chi connectivity index (χ3v) is 2.03. The maximum atomic E-state index is 11.5. The zero-order chi connectivity index (χ0) is 12.3. The van der Waals surface area contributed by atoms with E-state index in [4.69, 9.17) is 4.74 Å². The Morgan fingerprint density at radius 3 is 2.62 bits per heavy atom. The number of anilines is 1. The lowest BCUT2D eigenvalue weighted by Crippen LogP contribution is -2.24. The Labute approximate surface area is 93.3 Å². The fourth-order valence-electron chi connectivity index (χ4n) is 1.13. The van der Waals surface area contributed by atoms with E-state index in [0.717, 1.165) is 0 Å². The zero-order valence-electron chi connectivity index (χ0n) is 9.83. The maximum absolute atomic E-state index is 11.5. The van der Waals surface area contributed by atoms with Crippen LogP contribution in [0, 0.1) is 6.92 Å². The molecule has 6 nitrogen and oxygen atoms in total. The van der Waals surface area contributed by atoms with Crippen molar-refractivity contribution in [2.75, 3.05) is 25.6 Å². The molecule has 0 bridgehead atoms. The normalized spacial score (nSPS) is 10.0. The lowest BCUT2D eigenvalue weighted by Gasteiger charge is -2.12. The summed E-state index contributed by atoms with van der Waals surface area (Å²) in [5.41, 5.74) is 0.0000954. The van der Waals surface area contributed by atoms with Gasteiger partial charge in [-0.3, -0.25) is 9.78 Å². The molecule has 0 atom stereocenters. The molecule has 88 valence electrons. The van der Waals surface area contributed by atoms with Gasteiger partial charge in [0, 0.05) is 19.7 Å². The van der Waals surface area contributed by atoms with Gasteiger partial charge in [-0.1, -0.05) is 0 Å². The molecular formula is C10H15N3O3. The minimum absolute atomic E-state index is 0.0642. The second kappa shape index (κ2) is 4.78. The summed E-state index contributed by atoms with van der Waals surface area (Å²) in [5, 5.41) is 0. The summed E-state index contributed by atoms with van der Waals surface area (Å²) in [5.74, 6) is -0.243. The van der Waals surface area contributed by atoms with Gasteiger partial charge in [-0.05, 0) is 13.8 Å². The van der Waals surface area contributed by atoms with Crippen LogP contribution in [0.15, 0.2) is 4.79 Å². The van der Waals surface area contributed by atoms with Crippen LogP contribution in [0.25, 0.3) is 0 Å². The van der Waals surface area contributed by atoms with Gasteiger partial charge in [0.15, 0.2) is 5.69 Å². The van der Waals surface area contributed by atoms with Crippen LogP contribution >= 0.6 is 0 Å². The number of carbonyl (C=O) groups excluding carboxylic acids is 1. The molecule has 0 spiro atoms. The van der Waals surface area contributed by atoms with Crippen LogP contribution < -0.4 is 10.5 Å². The second-order valence-electron chi connectivity index (χ2n) is 3.48. The Morgan fingerprint density at radius 1 is 1.50 bits per heavy atom. The van der Waals surface area contributed by atoms with Crippen molar-refractivity contribution in [2.45, 2.75) is 13.8 Å². The van der Waals surface area contributed by atoms with Crippen molar-refractivity contribution in [3.8, 4) is 0 Å². The van der Waals surface area contributed by atoms with Gasteiger partial charge in [-0.25, -0.2) is 9.78 Å². The summed E-state index contributed by atoms with van der Waals surface area (Å²) in [6.07, 6.45) is 0. The van der Waals surface area contributed by atoms with Gasteiger partial charge >= 0.3 is 5.97 Å². The molecule has 0 amide bonds. The Hall–Kier alpha value is -1.85. The van der Waals surface area contributed by atoms with Crippen LogP contribution in [0.3, 0.4) is 0 Å². The first kappa shape index (κ1) is 12.2. The van der Waals surface area contributed by atoms with E-state index in [2.05, 4.69) is 9.97 Å². The molecule has 0 fully saturated rings. The molecule has 16 heavy (non-hydrogen) atoms. The van der Waals surface area contributed by atoms with E-state index in [9.17, 15) is 9.59 Å². The topological polar surface area (TPSA) is 75.3 Å². The number of aromatic amines is 1. The van der Waals surface area contributed by atoms with Gasteiger partial charge in [0.25, 0.3) is 5.56 Å². The Kier molecular flexibility index (Phi) is 3.65.